The molecule has 6 nitrogen and oxygen atoms in total. The molecule has 1 aromatic carbocycles. The molecular weight excluding hydrogens is 362 g/mol. The van der Waals surface area contributed by atoms with E-state index in [0.717, 1.165) is 24.9 Å². The minimum atomic E-state index is -3.50. The van der Waals surface area contributed by atoms with Crippen LogP contribution in [0.2, 0.25) is 0 Å². The van der Waals surface area contributed by atoms with Crippen LogP contribution in [0.5, 0.6) is 0 Å². The first-order valence-corrected chi connectivity index (χ1v) is 11.4. The van der Waals surface area contributed by atoms with E-state index in [9.17, 15) is 13.2 Å². The molecule has 0 saturated carbocycles. The third-order valence-corrected chi connectivity index (χ3v) is 7.83. The molecule has 2 aliphatic rings. The lowest BCUT2D eigenvalue weighted by Crippen LogP contribution is -2.47. The summed E-state index contributed by atoms with van der Waals surface area (Å²) in [7, 11) is -3.50. The second kappa shape index (κ2) is 8.29. The van der Waals surface area contributed by atoms with Gasteiger partial charge in [-0.05, 0) is 49.3 Å². The molecule has 7 heteroatoms. The third kappa shape index (κ3) is 4.20. The first kappa shape index (κ1) is 20.3. The van der Waals surface area contributed by atoms with E-state index >= 15 is 0 Å². The van der Waals surface area contributed by atoms with Crippen molar-refractivity contribution in [3.05, 3.63) is 29.8 Å². The smallest absolute Gasteiger partial charge is 0.243 e. The van der Waals surface area contributed by atoms with E-state index in [-0.39, 0.29) is 17.9 Å². The fourth-order valence-corrected chi connectivity index (χ4v) is 5.59. The Kier molecular flexibility index (Phi) is 6.23. The van der Waals surface area contributed by atoms with Crippen molar-refractivity contribution in [1.29, 1.82) is 0 Å². The van der Waals surface area contributed by atoms with Crippen molar-refractivity contribution in [1.82, 2.24) is 9.21 Å². The molecule has 150 valence electrons. The van der Waals surface area contributed by atoms with E-state index in [0.29, 0.717) is 43.3 Å². The highest BCUT2D eigenvalue weighted by atomic mass is 32.2. The summed E-state index contributed by atoms with van der Waals surface area (Å²) in [6.45, 7) is 6.24. The number of hydrogen-bond acceptors (Lipinski definition) is 4. The van der Waals surface area contributed by atoms with Crippen molar-refractivity contribution in [2.75, 3.05) is 26.2 Å². The molecule has 0 aromatic heterocycles. The van der Waals surface area contributed by atoms with Gasteiger partial charge in [0, 0.05) is 38.1 Å². The van der Waals surface area contributed by atoms with Gasteiger partial charge in [0.05, 0.1) is 4.90 Å². The Hall–Kier alpha value is -1.44. The van der Waals surface area contributed by atoms with Gasteiger partial charge >= 0.3 is 0 Å². The van der Waals surface area contributed by atoms with Crippen LogP contribution >= 0.6 is 0 Å². The zero-order valence-corrected chi connectivity index (χ0v) is 17.1. The SMILES string of the molecule is CC(C)c1ccc(S(=O)(=O)N2CCC(C(=O)N3CCCC3CN)CC2)cc1. The molecule has 2 N–H and O–H groups in total. The number of amides is 1. The molecule has 0 radical (unpaired) electrons. The fraction of sp³-hybridized carbons (Fsp3) is 0.650. The number of carbonyl (C=O) groups is 1. The third-order valence-electron chi connectivity index (χ3n) is 5.92. The van der Waals surface area contributed by atoms with Crippen LogP contribution in [0.3, 0.4) is 0 Å². The molecular formula is C20H31N3O3S. The van der Waals surface area contributed by atoms with E-state index in [1.807, 2.05) is 17.0 Å². The Morgan fingerprint density at radius 3 is 2.30 bits per heavy atom. The highest BCUT2D eigenvalue weighted by molar-refractivity contribution is 7.89. The lowest BCUT2D eigenvalue weighted by atomic mass is 9.96. The minimum Gasteiger partial charge on any atom is -0.338 e. The number of piperidine rings is 1. The molecule has 2 heterocycles. The molecule has 2 saturated heterocycles. The minimum absolute atomic E-state index is 0.0908. The molecule has 1 unspecified atom stereocenters. The Bertz CT molecular complexity index is 753. The summed E-state index contributed by atoms with van der Waals surface area (Å²) in [6, 6.07) is 7.30. The van der Waals surface area contributed by atoms with Gasteiger partial charge in [0.1, 0.15) is 0 Å². The van der Waals surface area contributed by atoms with Crippen LogP contribution < -0.4 is 5.73 Å². The molecule has 3 rings (SSSR count). The van der Waals surface area contributed by atoms with Crippen molar-refractivity contribution < 1.29 is 13.2 Å². The van der Waals surface area contributed by atoms with Gasteiger partial charge in [-0.25, -0.2) is 8.42 Å². The maximum Gasteiger partial charge on any atom is 0.243 e. The molecule has 0 spiro atoms. The summed E-state index contributed by atoms with van der Waals surface area (Å²) in [5.74, 6) is 0.430. The zero-order chi connectivity index (χ0) is 19.6. The lowest BCUT2D eigenvalue weighted by molar-refractivity contribution is -0.137. The zero-order valence-electron chi connectivity index (χ0n) is 16.3. The Morgan fingerprint density at radius 2 is 1.74 bits per heavy atom. The molecule has 27 heavy (non-hydrogen) atoms. The summed E-state index contributed by atoms with van der Waals surface area (Å²) in [5, 5.41) is 0. The Labute approximate surface area is 162 Å². The summed E-state index contributed by atoms with van der Waals surface area (Å²) < 4.78 is 27.3. The van der Waals surface area contributed by atoms with Gasteiger partial charge in [-0.2, -0.15) is 4.31 Å². The number of likely N-dealkylation sites (tertiary alicyclic amines) is 1. The predicted octanol–water partition coefficient (Wildman–Crippen LogP) is 2.16. The topological polar surface area (TPSA) is 83.7 Å². The molecule has 0 bridgehead atoms. The number of nitrogens with zero attached hydrogens (tertiary/aromatic N) is 2. The second-order valence-electron chi connectivity index (χ2n) is 7.97. The highest BCUT2D eigenvalue weighted by Crippen LogP contribution is 2.28. The van der Waals surface area contributed by atoms with E-state index < -0.39 is 10.0 Å². The van der Waals surface area contributed by atoms with E-state index in [4.69, 9.17) is 5.73 Å². The average molecular weight is 394 g/mol. The van der Waals surface area contributed by atoms with Crippen LogP contribution in [-0.4, -0.2) is 55.8 Å². The monoisotopic (exact) mass is 393 g/mol. The molecule has 1 amide bonds. The quantitative estimate of drug-likeness (QED) is 0.831. The molecule has 0 aliphatic carbocycles. The number of hydrogen-bond donors (Lipinski definition) is 1. The van der Waals surface area contributed by atoms with Crippen LogP contribution in [0.15, 0.2) is 29.2 Å². The van der Waals surface area contributed by atoms with Gasteiger partial charge in [0.2, 0.25) is 15.9 Å². The van der Waals surface area contributed by atoms with Crippen LogP contribution in [0.4, 0.5) is 0 Å². The number of sulfonamides is 1. The Morgan fingerprint density at radius 1 is 1.11 bits per heavy atom. The highest BCUT2D eigenvalue weighted by Gasteiger charge is 2.36. The van der Waals surface area contributed by atoms with Gasteiger partial charge in [0.25, 0.3) is 0 Å². The first-order valence-electron chi connectivity index (χ1n) is 9.95. The largest absolute Gasteiger partial charge is 0.338 e. The van der Waals surface area contributed by atoms with Gasteiger partial charge < -0.3 is 10.6 Å². The average Bonchev–Trinajstić information content (AvgIpc) is 3.16. The van der Waals surface area contributed by atoms with Crippen LogP contribution in [0.25, 0.3) is 0 Å². The van der Waals surface area contributed by atoms with Crippen molar-refractivity contribution >= 4 is 15.9 Å². The summed E-state index contributed by atoms with van der Waals surface area (Å²) in [6.07, 6.45) is 3.14. The number of carbonyl (C=O) groups excluding carboxylic acids is 1. The van der Waals surface area contributed by atoms with Crippen molar-refractivity contribution in [2.24, 2.45) is 11.7 Å². The van der Waals surface area contributed by atoms with Gasteiger partial charge in [0.15, 0.2) is 0 Å². The number of rotatable bonds is 5. The predicted molar refractivity (Wildman–Crippen MR) is 106 cm³/mol. The maximum absolute atomic E-state index is 12.9. The van der Waals surface area contributed by atoms with E-state index in [1.54, 1.807) is 12.1 Å². The number of nitrogens with two attached hydrogens (primary N) is 1. The Balaban J connectivity index is 1.63. The van der Waals surface area contributed by atoms with Crippen molar-refractivity contribution in [2.45, 2.75) is 56.4 Å². The number of benzene rings is 1. The maximum atomic E-state index is 12.9. The lowest BCUT2D eigenvalue weighted by Gasteiger charge is -2.34. The molecule has 1 aromatic rings. The summed E-state index contributed by atoms with van der Waals surface area (Å²) in [5.41, 5.74) is 6.91. The van der Waals surface area contributed by atoms with E-state index in [1.165, 1.54) is 4.31 Å². The first-order chi connectivity index (χ1) is 12.8. The molecule has 2 aliphatic heterocycles. The van der Waals surface area contributed by atoms with Crippen molar-refractivity contribution in [3.63, 3.8) is 0 Å². The van der Waals surface area contributed by atoms with Crippen LogP contribution in [0, 0.1) is 5.92 Å². The second-order valence-corrected chi connectivity index (χ2v) is 9.90. The fourth-order valence-electron chi connectivity index (χ4n) is 4.12. The van der Waals surface area contributed by atoms with Gasteiger partial charge in [-0.1, -0.05) is 26.0 Å². The van der Waals surface area contributed by atoms with Crippen LogP contribution in [0.1, 0.15) is 51.0 Å². The molecule has 2 fully saturated rings. The van der Waals surface area contributed by atoms with Crippen LogP contribution in [-0.2, 0) is 14.8 Å². The molecule has 1 atom stereocenters. The van der Waals surface area contributed by atoms with Gasteiger partial charge in [-0.3, -0.25) is 4.79 Å². The van der Waals surface area contributed by atoms with Gasteiger partial charge in [-0.15, -0.1) is 0 Å². The van der Waals surface area contributed by atoms with E-state index in [2.05, 4.69) is 13.8 Å². The summed E-state index contributed by atoms with van der Waals surface area (Å²) >= 11 is 0. The summed E-state index contributed by atoms with van der Waals surface area (Å²) in [4.78, 5) is 15.0. The van der Waals surface area contributed by atoms with Crippen molar-refractivity contribution in [3.8, 4) is 0 Å². The standard InChI is InChI=1S/C20H31N3O3S/c1-15(2)16-5-7-19(8-6-16)27(25,26)22-12-9-17(10-13-22)20(24)23-11-3-4-18(23)14-21/h5-8,15,17-18H,3-4,9-14,21H2,1-2H3. The normalized spacial score (nSPS) is 22.5.